The van der Waals surface area contributed by atoms with Gasteiger partial charge in [0.15, 0.2) is 6.10 Å². The lowest BCUT2D eigenvalue weighted by molar-refractivity contribution is 0.248. The third-order valence-electron chi connectivity index (χ3n) is 2.25. The molecular formula is C12H15ClN2O. The van der Waals surface area contributed by atoms with Crippen LogP contribution in [0.25, 0.3) is 0 Å². The van der Waals surface area contributed by atoms with Crippen molar-refractivity contribution < 1.29 is 4.74 Å². The van der Waals surface area contributed by atoms with Crippen LogP contribution in [0.1, 0.15) is 31.9 Å². The molecule has 1 rings (SSSR count). The Bertz CT molecular complexity index is 398. The van der Waals surface area contributed by atoms with Gasteiger partial charge in [-0.1, -0.05) is 18.5 Å². The lowest BCUT2D eigenvalue weighted by atomic mass is 10.1. The first-order valence-corrected chi connectivity index (χ1v) is 5.57. The zero-order valence-electron chi connectivity index (χ0n) is 9.40. The molecule has 0 heterocycles. The van der Waals surface area contributed by atoms with E-state index in [0.29, 0.717) is 17.2 Å². The molecule has 0 spiro atoms. The van der Waals surface area contributed by atoms with Gasteiger partial charge in [-0.15, -0.1) is 0 Å². The highest BCUT2D eigenvalue weighted by molar-refractivity contribution is 6.30. The number of ether oxygens (including phenoxy) is 1. The van der Waals surface area contributed by atoms with Gasteiger partial charge in [0.1, 0.15) is 11.8 Å². The van der Waals surface area contributed by atoms with Crippen molar-refractivity contribution in [3.8, 4) is 11.8 Å². The maximum absolute atomic E-state index is 8.84. The second kappa shape index (κ2) is 5.74. The predicted molar refractivity (Wildman–Crippen MR) is 64.4 cm³/mol. The van der Waals surface area contributed by atoms with Crippen LogP contribution in [-0.2, 0) is 0 Å². The number of nitrogens with two attached hydrogens (primary N) is 1. The van der Waals surface area contributed by atoms with Crippen molar-refractivity contribution >= 4 is 11.6 Å². The number of benzene rings is 1. The molecular weight excluding hydrogens is 224 g/mol. The van der Waals surface area contributed by atoms with Gasteiger partial charge in [-0.3, -0.25) is 0 Å². The van der Waals surface area contributed by atoms with E-state index in [-0.39, 0.29) is 6.04 Å². The fourth-order valence-electron chi connectivity index (χ4n) is 1.34. The molecule has 4 heteroatoms. The van der Waals surface area contributed by atoms with Crippen molar-refractivity contribution in [2.75, 3.05) is 0 Å². The molecule has 0 aromatic heterocycles. The minimum Gasteiger partial charge on any atom is -0.475 e. The normalized spacial score (nSPS) is 13.9. The van der Waals surface area contributed by atoms with Crippen LogP contribution in [-0.4, -0.2) is 6.10 Å². The van der Waals surface area contributed by atoms with Crippen LogP contribution >= 0.6 is 11.6 Å². The fraction of sp³-hybridized carbons (Fsp3) is 0.417. The first-order chi connectivity index (χ1) is 7.58. The molecule has 2 atom stereocenters. The van der Waals surface area contributed by atoms with Crippen LogP contribution in [0.5, 0.6) is 5.75 Å². The average molecular weight is 239 g/mol. The highest BCUT2D eigenvalue weighted by Gasteiger charge is 2.13. The topological polar surface area (TPSA) is 59.0 Å². The molecule has 1 aromatic carbocycles. The summed E-state index contributed by atoms with van der Waals surface area (Å²) in [5.74, 6) is 0.632. The number of nitrogens with zero attached hydrogens (tertiary/aromatic N) is 1. The SMILES string of the molecule is CCC(C#N)Oc1ccc(Cl)cc1[C@H](C)N. The molecule has 1 unspecified atom stereocenters. The van der Waals surface area contributed by atoms with Crippen LogP contribution in [0.4, 0.5) is 0 Å². The third-order valence-corrected chi connectivity index (χ3v) is 2.48. The summed E-state index contributed by atoms with van der Waals surface area (Å²) in [7, 11) is 0. The van der Waals surface area contributed by atoms with E-state index >= 15 is 0 Å². The second-order valence-corrected chi connectivity index (χ2v) is 4.05. The molecule has 1 aromatic rings. The minimum atomic E-state index is -0.446. The quantitative estimate of drug-likeness (QED) is 0.877. The summed E-state index contributed by atoms with van der Waals surface area (Å²) in [5, 5.41) is 9.45. The molecule has 0 saturated heterocycles. The van der Waals surface area contributed by atoms with Gasteiger partial charge in [-0.2, -0.15) is 5.26 Å². The third kappa shape index (κ3) is 3.13. The predicted octanol–water partition coefficient (Wildman–Crippen LogP) is 3.04. The molecule has 2 N–H and O–H groups in total. The van der Waals surface area contributed by atoms with Crippen LogP contribution in [0.2, 0.25) is 5.02 Å². The number of halogens is 1. The summed E-state index contributed by atoms with van der Waals surface area (Å²) in [5.41, 5.74) is 6.64. The minimum absolute atomic E-state index is 0.176. The molecule has 3 nitrogen and oxygen atoms in total. The first-order valence-electron chi connectivity index (χ1n) is 5.19. The summed E-state index contributed by atoms with van der Waals surface area (Å²) in [4.78, 5) is 0. The van der Waals surface area contributed by atoms with Crippen molar-refractivity contribution in [2.45, 2.75) is 32.4 Å². The van der Waals surface area contributed by atoms with Gasteiger partial charge < -0.3 is 10.5 Å². The van der Waals surface area contributed by atoms with E-state index in [1.807, 2.05) is 13.8 Å². The van der Waals surface area contributed by atoms with Gasteiger partial charge in [0.25, 0.3) is 0 Å². The van der Waals surface area contributed by atoms with Crippen LogP contribution in [0, 0.1) is 11.3 Å². The largest absolute Gasteiger partial charge is 0.475 e. The Morgan fingerprint density at radius 2 is 2.25 bits per heavy atom. The zero-order valence-corrected chi connectivity index (χ0v) is 10.2. The van der Waals surface area contributed by atoms with Gasteiger partial charge in [-0.25, -0.2) is 0 Å². The lowest BCUT2D eigenvalue weighted by Crippen LogP contribution is -2.15. The van der Waals surface area contributed by atoms with E-state index in [4.69, 9.17) is 27.3 Å². The van der Waals surface area contributed by atoms with Gasteiger partial charge >= 0.3 is 0 Å². The number of hydrogen-bond donors (Lipinski definition) is 1. The van der Waals surface area contributed by atoms with E-state index in [1.165, 1.54) is 0 Å². The summed E-state index contributed by atoms with van der Waals surface area (Å²) in [6.45, 7) is 3.75. The van der Waals surface area contributed by atoms with Crippen molar-refractivity contribution in [1.29, 1.82) is 5.26 Å². The highest BCUT2D eigenvalue weighted by atomic mass is 35.5. The molecule has 0 aliphatic heterocycles. The molecule has 0 bridgehead atoms. The monoisotopic (exact) mass is 238 g/mol. The van der Waals surface area contributed by atoms with E-state index < -0.39 is 6.10 Å². The van der Waals surface area contributed by atoms with E-state index in [1.54, 1.807) is 18.2 Å². The molecule has 0 aliphatic carbocycles. The molecule has 0 fully saturated rings. The van der Waals surface area contributed by atoms with Crippen LogP contribution in [0.3, 0.4) is 0 Å². The molecule has 0 saturated carbocycles. The van der Waals surface area contributed by atoms with E-state index in [9.17, 15) is 0 Å². The van der Waals surface area contributed by atoms with Gasteiger partial charge in [-0.05, 0) is 31.5 Å². The Balaban J connectivity index is 3.00. The van der Waals surface area contributed by atoms with E-state index in [0.717, 1.165) is 5.56 Å². The van der Waals surface area contributed by atoms with E-state index in [2.05, 4.69) is 6.07 Å². The Labute approximate surface area is 101 Å². The molecule has 16 heavy (non-hydrogen) atoms. The van der Waals surface area contributed by atoms with Crippen molar-refractivity contribution in [3.63, 3.8) is 0 Å². The Morgan fingerprint density at radius 1 is 1.56 bits per heavy atom. The molecule has 86 valence electrons. The van der Waals surface area contributed by atoms with Gasteiger partial charge in [0.05, 0.1) is 0 Å². The van der Waals surface area contributed by atoms with Crippen molar-refractivity contribution in [1.82, 2.24) is 0 Å². The lowest BCUT2D eigenvalue weighted by Gasteiger charge is -2.16. The maximum atomic E-state index is 8.84. The van der Waals surface area contributed by atoms with Gasteiger partial charge in [0.2, 0.25) is 0 Å². The Morgan fingerprint density at radius 3 is 2.75 bits per heavy atom. The first kappa shape index (κ1) is 12.8. The standard InChI is InChI=1S/C12H15ClN2O/c1-3-10(7-14)16-12-5-4-9(13)6-11(12)8(2)15/h4-6,8,10H,3,15H2,1-2H3/t8-,10?/m0/s1. The Kier molecular flexibility index (Phi) is 4.60. The highest BCUT2D eigenvalue weighted by Crippen LogP contribution is 2.28. The smallest absolute Gasteiger partial charge is 0.184 e. The van der Waals surface area contributed by atoms with Crippen molar-refractivity contribution in [2.24, 2.45) is 5.73 Å². The molecule has 0 amide bonds. The van der Waals surface area contributed by atoms with Crippen molar-refractivity contribution in [3.05, 3.63) is 28.8 Å². The number of rotatable bonds is 4. The second-order valence-electron chi connectivity index (χ2n) is 3.61. The average Bonchev–Trinajstić information content (AvgIpc) is 2.27. The number of nitriles is 1. The summed E-state index contributed by atoms with van der Waals surface area (Å²) in [6, 6.07) is 7.16. The fourth-order valence-corrected chi connectivity index (χ4v) is 1.52. The molecule has 0 radical (unpaired) electrons. The maximum Gasteiger partial charge on any atom is 0.184 e. The van der Waals surface area contributed by atoms with Gasteiger partial charge in [0, 0.05) is 16.6 Å². The van der Waals surface area contributed by atoms with Crippen LogP contribution in [0.15, 0.2) is 18.2 Å². The summed E-state index contributed by atoms with van der Waals surface area (Å²) >= 11 is 5.89. The summed E-state index contributed by atoms with van der Waals surface area (Å²) < 4.78 is 5.56. The summed E-state index contributed by atoms with van der Waals surface area (Å²) in [6.07, 6.45) is 0.191. The Hall–Kier alpha value is -1.24. The zero-order chi connectivity index (χ0) is 12.1. The number of hydrogen-bond acceptors (Lipinski definition) is 3. The van der Waals surface area contributed by atoms with Crippen LogP contribution < -0.4 is 10.5 Å². The molecule has 0 aliphatic rings.